The largest absolute Gasteiger partial charge is 0.497 e. The zero-order chi connectivity index (χ0) is 12.1. The molecule has 3 nitrogen and oxygen atoms in total. The quantitative estimate of drug-likeness (QED) is 0.896. The van der Waals surface area contributed by atoms with E-state index in [4.69, 9.17) is 4.74 Å². The summed E-state index contributed by atoms with van der Waals surface area (Å²) in [6.45, 7) is 0.818. The van der Waals surface area contributed by atoms with Crippen LogP contribution >= 0.6 is 11.8 Å². The number of rotatable bonds is 3. The van der Waals surface area contributed by atoms with Crippen LogP contribution in [0.1, 0.15) is 19.3 Å². The van der Waals surface area contributed by atoms with Crippen molar-refractivity contribution in [3.8, 4) is 5.75 Å². The minimum absolute atomic E-state index is 0.0471. The van der Waals surface area contributed by atoms with E-state index in [2.05, 4.69) is 5.32 Å². The van der Waals surface area contributed by atoms with Gasteiger partial charge >= 0.3 is 0 Å². The molecular formula is C13H17NO2S. The van der Waals surface area contributed by atoms with Crippen molar-refractivity contribution in [3.05, 3.63) is 24.3 Å². The van der Waals surface area contributed by atoms with E-state index in [1.165, 1.54) is 0 Å². The molecule has 0 spiro atoms. The monoisotopic (exact) mass is 251 g/mol. The molecule has 2 rings (SSSR count). The maximum atomic E-state index is 11.8. The lowest BCUT2D eigenvalue weighted by Crippen LogP contribution is -2.30. The van der Waals surface area contributed by atoms with Gasteiger partial charge in [-0.25, -0.2) is 0 Å². The van der Waals surface area contributed by atoms with E-state index >= 15 is 0 Å². The summed E-state index contributed by atoms with van der Waals surface area (Å²) in [5, 5.41) is 3.00. The summed E-state index contributed by atoms with van der Waals surface area (Å²) in [4.78, 5) is 12.9. The molecule has 0 radical (unpaired) electrons. The Bertz CT molecular complexity index is 378. The van der Waals surface area contributed by atoms with E-state index in [-0.39, 0.29) is 11.2 Å². The third kappa shape index (κ3) is 3.40. The second kappa shape index (κ2) is 5.96. The summed E-state index contributed by atoms with van der Waals surface area (Å²) in [5.41, 5.74) is 0. The van der Waals surface area contributed by atoms with Gasteiger partial charge in [0.2, 0.25) is 5.91 Å². The molecule has 1 amide bonds. The van der Waals surface area contributed by atoms with Crippen LogP contribution in [0.4, 0.5) is 0 Å². The Morgan fingerprint density at radius 3 is 2.76 bits per heavy atom. The van der Waals surface area contributed by atoms with Crippen molar-refractivity contribution >= 4 is 17.7 Å². The fourth-order valence-electron chi connectivity index (χ4n) is 1.84. The molecule has 0 aromatic heterocycles. The molecular weight excluding hydrogens is 234 g/mol. The molecule has 0 bridgehead atoms. The zero-order valence-electron chi connectivity index (χ0n) is 9.94. The van der Waals surface area contributed by atoms with Gasteiger partial charge in [0.15, 0.2) is 0 Å². The molecule has 4 heteroatoms. The number of benzene rings is 1. The molecule has 0 aliphatic carbocycles. The van der Waals surface area contributed by atoms with Gasteiger partial charge in [-0.2, -0.15) is 0 Å². The molecule has 92 valence electrons. The lowest BCUT2D eigenvalue weighted by atomic mass is 10.2. The molecule has 1 saturated heterocycles. The van der Waals surface area contributed by atoms with Crippen LogP contribution in [0.3, 0.4) is 0 Å². The molecule has 1 atom stereocenters. The van der Waals surface area contributed by atoms with Gasteiger partial charge in [-0.15, -0.1) is 11.8 Å². The van der Waals surface area contributed by atoms with Crippen molar-refractivity contribution in [2.75, 3.05) is 13.7 Å². The van der Waals surface area contributed by atoms with Crippen LogP contribution in [-0.4, -0.2) is 24.8 Å². The molecule has 1 aromatic carbocycles. The van der Waals surface area contributed by atoms with Gasteiger partial charge in [-0.05, 0) is 37.1 Å². The number of ether oxygens (including phenoxy) is 1. The normalized spacial score (nSPS) is 20.5. The van der Waals surface area contributed by atoms with E-state index in [0.29, 0.717) is 0 Å². The van der Waals surface area contributed by atoms with Crippen molar-refractivity contribution in [1.82, 2.24) is 5.32 Å². The topological polar surface area (TPSA) is 38.3 Å². The number of carbonyl (C=O) groups excluding carboxylic acids is 1. The number of carbonyl (C=O) groups is 1. The second-order valence-electron chi connectivity index (χ2n) is 4.07. The van der Waals surface area contributed by atoms with Crippen LogP contribution in [0, 0.1) is 0 Å². The van der Waals surface area contributed by atoms with Crippen LogP contribution in [-0.2, 0) is 4.79 Å². The van der Waals surface area contributed by atoms with Crippen LogP contribution in [0.15, 0.2) is 29.2 Å². The van der Waals surface area contributed by atoms with Gasteiger partial charge in [0.05, 0.1) is 12.4 Å². The Morgan fingerprint density at radius 2 is 2.06 bits per heavy atom. The number of thioether (sulfide) groups is 1. The Balaban J connectivity index is 2.00. The molecule has 1 unspecified atom stereocenters. The maximum absolute atomic E-state index is 11.8. The first-order valence-corrected chi connectivity index (χ1v) is 6.76. The summed E-state index contributed by atoms with van der Waals surface area (Å²) in [6, 6.07) is 7.86. The molecule has 1 heterocycles. The Labute approximate surface area is 106 Å². The second-order valence-corrected chi connectivity index (χ2v) is 5.34. The lowest BCUT2D eigenvalue weighted by molar-refractivity contribution is -0.120. The summed E-state index contributed by atoms with van der Waals surface area (Å²) >= 11 is 1.64. The third-order valence-corrected chi connectivity index (χ3v) is 4.10. The fourth-order valence-corrected chi connectivity index (χ4v) is 2.94. The Morgan fingerprint density at radius 1 is 1.29 bits per heavy atom. The smallest absolute Gasteiger partial charge is 0.233 e. The van der Waals surface area contributed by atoms with Crippen molar-refractivity contribution in [2.45, 2.75) is 29.4 Å². The fraction of sp³-hybridized carbons (Fsp3) is 0.462. The van der Waals surface area contributed by atoms with Crippen LogP contribution in [0.25, 0.3) is 0 Å². The number of nitrogens with one attached hydrogen (secondary N) is 1. The molecule has 1 fully saturated rings. The predicted molar refractivity (Wildman–Crippen MR) is 69.5 cm³/mol. The molecule has 1 aliphatic heterocycles. The minimum Gasteiger partial charge on any atom is -0.497 e. The third-order valence-electron chi connectivity index (χ3n) is 2.82. The molecule has 1 aliphatic rings. The number of hydrogen-bond acceptors (Lipinski definition) is 3. The highest BCUT2D eigenvalue weighted by molar-refractivity contribution is 8.00. The standard InChI is InChI=1S/C13H17NO2S/c1-16-10-5-7-11(8-6-10)17-12-4-2-3-9-14-13(12)15/h5-8,12H,2-4,9H2,1H3,(H,14,15). The number of hydrogen-bond donors (Lipinski definition) is 1. The van der Waals surface area contributed by atoms with Crippen LogP contribution in [0.2, 0.25) is 0 Å². The maximum Gasteiger partial charge on any atom is 0.233 e. The van der Waals surface area contributed by atoms with Gasteiger partial charge < -0.3 is 10.1 Å². The van der Waals surface area contributed by atoms with Crippen LogP contribution in [0.5, 0.6) is 5.75 Å². The van der Waals surface area contributed by atoms with Crippen molar-refractivity contribution in [2.24, 2.45) is 0 Å². The van der Waals surface area contributed by atoms with Gasteiger partial charge in [0, 0.05) is 11.4 Å². The van der Waals surface area contributed by atoms with E-state index in [0.717, 1.165) is 36.5 Å². The lowest BCUT2D eigenvalue weighted by Gasteiger charge is -2.12. The van der Waals surface area contributed by atoms with E-state index in [9.17, 15) is 4.79 Å². The molecule has 17 heavy (non-hydrogen) atoms. The van der Waals surface area contributed by atoms with Crippen molar-refractivity contribution in [1.29, 1.82) is 0 Å². The first kappa shape index (κ1) is 12.3. The van der Waals surface area contributed by atoms with E-state index in [1.54, 1.807) is 18.9 Å². The number of methoxy groups -OCH3 is 1. The summed E-state index contributed by atoms with van der Waals surface area (Å²) in [7, 11) is 1.65. The summed E-state index contributed by atoms with van der Waals surface area (Å²) in [6.07, 6.45) is 3.17. The Hall–Kier alpha value is -1.16. The SMILES string of the molecule is COc1ccc(SC2CCCCNC2=O)cc1. The highest BCUT2D eigenvalue weighted by Crippen LogP contribution is 2.29. The highest BCUT2D eigenvalue weighted by atomic mass is 32.2. The molecule has 0 saturated carbocycles. The summed E-state index contributed by atoms with van der Waals surface area (Å²) in [5.74, 6) is 1.02. The average Bonchev–Trinajstić information content (AvgIpc) is 2.56. The van der Waals surface area contributed by atoms with E-state index < -0.39 is 0 Å². The van der Waals surface area contributed by atoms with Crippen molar-refractivity contribution in [3.63, 3.8) is 0 Å². The average molecular weight is 251 g/mol. The predicted octanol–water partition coefficient (Wildman–Crippen LogP) is 2.46. The van der Waals surface area contributed by atoms with Gasteiger partial charge in [-0.1, -0.05) is 6.42 Å². The molecule has 1 N–H and O–H groups in total. The molecule has 1 aromatic rings. The Kier molecular flexibility index (Phi) is 4.31. The van der Waals surface area contributed by atoms with E-state index in [1.807, 2.05) is 24.3 Å². The van der Waals surface area contributed by atoms with Crippen molar-refractivity contribution < 1.29 is 9.53 Å². The summed E-state index contributed by atoms with van der Waals surface area (Å²) < 4.78 is 5.11. The van der Waals surface area contributed by atoms with Gasteiger partial charge in [0.25, 0.3) is 0 Å². The highest BCUT2D eigenvalue weighted by Gasteiger charge is 2.21. The van der Waals surface area contributed by atoms with Gasteiger partial charge in [0.1, 0.15) is 5.75 Å². The van der Waals surface area contributed by atoms with Crippen LogP contribution < -0.4 is 10.1 Å². The zero-order valence-corrected chi connectivity index (χ0v) is 10.8. The van der Waals surface area contributed by atoms with Gasteiger partial charge in [-0.3, -0.25) is 4.79 Å². The number of amides is 1. The first-order valence-electron chi connectivity index (χ1n) is 5.88. The first-order chi connectivity index (χ1) is 8.29. The minimum atomic E-state index is 0.0471.